The molecular weight excluding hydrogens is 356 g/mol. The summed E-state index contributed by atoms with van der Waals surface area (Å²) >= 11 is 0. The Labute approximate surface area is 164 Å². The molecule has 6 heteroatoms. The third-order valence-electron chi connectivity index (χ3n) is 3.76. The molecule has 0 heterocycles. The molecule has 0 fully saturated rings. The zero-order chi connectivity index (χ0) is 20.7. The standard InChI is InChI=1S/C22H24N2O4/c1-14(2)28-20-8-6-5-7-19(20)24-22(27)15(3)13-21(26)23-18-11-9-17(10-12-18)16(4)25/h5-14H,1-4H3,(H,23,26)(H,24,27)/b15-13+. The van der Waals surface area contributed by atoms with Gasteiger partial charge in [0.05, 0.1) is 11.8 Å². The molecule has 0 unspecified atom stereocenters. The Hall–Kier alpha value is -3.41. The first-order valence-electron chi connectivity index (χ1n) is 8.93. The van der Waals surface area contributed by atoms with Crippen LogP contribution in [0.4, 0.5) is 11.4 Å². The van der Waals surface area contributed by atoms with Crippen molar-refractivity contribution in [3.63, 3.8) is 0 Å². The van der Waals surface area contributed by atoms with Crippen LogP contribution in [0.3, 0.4) is 0 Å². The number of rotatable bonds is 7. The molecule has 0 aliphatic rings. The minimum absolute atomic E-state index is 0.0325. The number of hydrogen-bond donors (Lipinski definition) is 2. The van der Waals surface area contributed by atoms with Crippen LogP contribution in [0.2, 0.25) is 0 Å². The fraction of sp³-hybridized carbons (Fsp3) is 0.227. The molecule has 146 valence electrons. The molecule has 0 aromatic heterocycles. The van der Waals surface area contributed by atoms with E-state index in [9.17, 15) is 14.4 Å². The van der Waals surface area contributed by atoms with Gasteiger partial charge in [-0.25, -0.2) is 0 Å². The fourth-order valence-corrected chi connectivity index (χ4v) is 2.38. The van der Waals surface area contributed by atoms with Crippen molar-refractivity contribution in [2.75, 3.05) is 10.6 Å². The van der Waals surface area contributed by atoms with Gasteiger partial charge in [-0.15, -0.1) is 0 Å². The van der Waals surface area contributed by atoms with Gasteiger partial charge < -0.3 is 15.4 Å². The molecule has 0 spiro atoms. The number of hydrogen-bond acceptors (Lipinski definition) is 4. The topological polar surface area (TPSA) is 84.5 Å². The predicted octanol–water partition coefficient (Wildman–Crippen LogP) is 4.20. The van der Waals surface area contributed by atoms with Gasteiger partial charge in [-0.2, -0.15) is 0 Å². The second kappa shape index (κ2) is 9.50. The smallest absolute Gasteiger partial charge is 0.251 e. The number of nitrogens with one attached hydrogen (secondary N) is 2. The Morgan fingerprint density at radius 2 is 1.57 bits per heavy atom. The molecular formula is C22H24N2O4. The fourth-order valence-electron chi connectivity index (χ4n) is 2.38. The number of ketones is 1. The Morgan fingerprint density at radius 3 is 2.18 bits per heavy atom. The van der Waals surface area contributed by atoms with E-state index >= 15 is 0 Å². The van der Waals surface area contributed by atoms with Crippen LogP contribution in [-0.2, 0) is 9.59 Å². The van der Waals surface area contributed by atoms with E-state index in [0.29, 0.717) is 22.7 Å². The van der Waals surface area contributed by atoms with Crippen LogP contribution < -0.4 is 15.4 Å². The lowest BCUT2D eigenvalue weighted by molar-refractivity contribution is -0.114. The highest BCUT2D eigenvalue weighted by Crippen LogP contribution is 2.25. The van der Waals surface area contributed by atoms with E-state index in [-0.39, 0.29) is 17.5 Å². The third-order valence-corrected chi connectivity index (χ3v) is 3.76. The summed E-state index contributed by atoms with van der Waals surface area (Å²) in [5.74, 6) is -0.322. The summed E-state index contributed by atoms with van der Waals surface area (Å²) in [6.07, 6.45) is 1.19. The van der Waals surface area contributed by atoms with Crippen LogP contribution in [-0.4, -0.2) is 23.7 Å². The highest BCUT2D eigenvalue weighted by molar-refractivity contribution is 6.10. The molecule has 2 amide bonds. The maximum atomic E-state index is 12.4. The number of benzene rings is 2. The van der Waals surface area contributed by atoms with E-state index < -0.39 is 11.8 Å². The maximum Gasteiger partial charge on any atom is 0.251 e. The van der Waals surface area contributed by atoms with Gasteiger partial charge in [0.1, 0.15) is 5.75 Å². The van der Waals surface area contributed by atoms with Crippen LogP contribution in [0.15, 0.2) is 60.2 Å². The minimum atomic E-state index is -0.435. The molecule has 2 aromatic carbocycles. The second-order valence-electron chi connectivity index (χ2n) is 6.57. The van der Waals surface area contributed by atoms with E-state index in [2.05, 4.69) is 10.6 Å². The Morgan fingerprint density at radius 1 is 0.929 bits per heavy atom. The zero-order valence-electron chi connectivity index (χ0n) is 16.4. The molecule has 0 saturated carbocycles. The van der Waals surface area contributed by atoms with Gasteiger partial charge in [0.25, 0.3) is 5.91 Å². The molecule has 0 saturated heterocycles. The van der Waals surface area contributed by atoms with E-state index in [1.807, 2.05) is 19.9 Å². The molecule has 28 heavy (non-hydrogen) atoms. The first-order valence-corrected chi connectivity index (χ1v) is 8.93. The van der Waals surface area contributed by atoms with Crippen molar-refractivity contribution in [3.05, 3.63) is 65.7 Å². The SMILES string of the molecule is CC(=O)c1ccc(NC(=O)/C=C(\C)C(=O)Nc2ccccc2OC(C)C)cc1. The van der Waals surface area contributed by atoms with Crippen molar-refractivity contribution in [2.45, 2.75) is 33.8 Å². The van der Waals surface area contributed by atoms with Gasteiger partial charge in [0, 0.05) is 22.9 Å². The van der Waals surface area contributed by atoms with Crippen molar-refractivity contribution >= 4 is 29.0 Å². The monoisotopic (exact) mass is 380 g/mol. The number of carbonyl (C=O) groups is 3. The maximum absolute atomic E-state index is 12.4. The molecule has 0 aliphatic carbocycles. The third kappa shape index (κ3) is 6.09. The average Bonchev–Trinajstić information content (AvgIpc) is 2.63. The number of Topliss-reactive ketones (excluding diaryl/α,β-unsaturated/α-hetero) is 1. The summed E-state index contributed by atoms with van der Waals surface area (Å²) in [5, 5.41) is 5.42. The first-order chi connectivity index (χ1) is 13.3. The molecule has 0 radical (unpaired) electrons. The highest BCUT2D eigenvalue weighted by Gasteiger charge is 2.11. The van der Waals surface area contributed by atoms with E-state index in [0.717, 1.165) is 0 Å². The number of ether oxygens (including phenoxy) is 1. The molecule has 0 aliphatic heterocycles. The van der Waals surface area contributed by atoms with Crippen LogP contribution in [0.5, 0.6) is 5.75 Å². The van der Waals surface area contributed by atoms with Crippen molar-refractivity contribution < 1.29 is 19.1 Å². The largest absolute Gasteiger partial charge is 0.489 e. The molecule has 0 bridgehead atoms. The number of amides is 2. The molecule has 2 rings (SSSR count). The lowest BCUT2D eigenvalue weighted by Gasteiger charge is -2.14. The van der Waals surface area contributed by atoms with Crippen LogP contribution in [0.1, 0.15) is 38.1 Å². The van der Waals surface area contributed by atoms with Gasteiger partial charge in [0.15, 0.2) is 5.78 Å². The van der Waals surface area contributed by atoms with Crippen LogP contribution in [0.25, 0.3) is 0 Å². The van der Waals surface area contributed by atoms with E-state index in [1.165, 1.54) is 13.0 Å². The normalized spacial score (nSPS) is 11.1. The van der Waals surface area contributed by atoms with Gasteiger partial charge in [-0.3, -0.25) is 14.4 Å². The quantitative estimate of drug-likeness (QED) is 0.557. The molecule has 6 nitrogen and oxygen atoms in total. The van der Waals surface area contributed by atoms with Crippen molar-refractivity contribution in [2.24, 2.45) is 0 Å². The molecule has 2 N–H and O–H groups in total. The van der Waals surface area contributed by atoms with Crippen LogP contribution >= 0.6 is 0 Å². The van der Waals surface area contributed by atoms with E-state index in [1.54, 1.807) is 49.4 Å². The van der Waals surface area contributed by atoms with Gasteiger partial charge in [-0.1, -0.05) is 12.1 Å². The summed E-state index contributed by atoms with van der Waals surface area (Å²) < 4.78 is 5.68. The zero-order valence-corrected chi connectivity index (χ0v) is 16.4. The lowest BCUT2D eigenvalue weighted by atomic mass is 10.1. The molecule has 0 atom stereocenters. The first kappa shape index (κ1) is 20.9. The Bertz CT molecular complexity index is 899. The van der Waals surface area contributed by atoms with Gasteiger partial charge in [0.2, 0.25) is 5.91 Å². The summed E-state index contributed by atoms with van der Waals surface area (Å²) in [6, 6.07) is 13.7. The second-order valence-corrected chi connectivity index (χ2v) is 6.57. The van der Waals surface area contributed by atoms with Crippen molar-refractivity contribution in [3.8, 4) is 5.75 Å². The lowest BCUT2D eigenvalue weighted by Crippen LogP contribution is -2.17. The van der Waals surface area contributed by atoms with Gasteiger partial charge in [-0.05, 0) is 64.1 Å². The van der Waals surface area contributed by atoms with E-state index in [4.69, 9.17) is 4.74 Å². The summed E-state index contributed by atoms with van der Waals surface area (Å²) in [5.41, 5.74) is 1.88. The highest BCUT2D eigenvalue weighted by atomic mass is 16.5. The predicted molar refractivity (Wildman–Crippen MR) is 110 cm³/mol. The Balaban J connectivity index is 2.03. The summed E-state index contributed by atoms with van der Waals surface area (Å²) in [7, 11) is 0. The average molecular weight is 380 g/mol. The summed E-state index contributed by atoms with van der Waals surface area (Å²) in [4.78, 5) is 35.8. The van der Waals surface area contributed by atoms with Crippen LogP contribution in [0, 0.1) is 0 Å². The van der Waals surface area contributed by atoms with Crippen molar-refractivity contribution in [1.82, 2.24) is 0 Å². The number of carbonyl (C=O) groups excluding carboxylic acids is 3. The number of anilines is 2. The van der Waals surface area contributed by atoms with Crippen molar-refractivity contribution in [1.29, 1.82) is 0 Å². The van der Waals surface area contributed by atoms with Gasteiger partial charge >= 0.3 is 0 Å². The minimum Gasteiger partial charge on any atom is -0.489 e. The Kier molecular flexibility index (Phi) is 7.09. The number of para-hydroxylation sites is 2. The summed E-state index contributed by atoms with van der Waals surface area (Å²) in [6.45, 7) is 6.83. The molecule has 2 aromatic rings.